The van der Waals surface area contributed by atoms with E-state index in [0.717, 1.165) is 43.7 Å². The van der Waals surface area contributed by atoms with Crippen molar-refractivity contribution >= 4 is 5.91 Å². The molecule has 35 heavy (non-hydrogen) atoms. The fraction of sp³-hybridized carbons (Fsp3) is 0.357. The number of hydrogen-bond donors (Lipinski definition) is 1. The van der Waals surface area contributed by atoms with Crippen molar-refractivity contribution in [3.8, 4) is 17.2 Å². The van der Waals surface area contributed by atoms with Gasteiger partial charge in [0.05, 0.1) is 26.0 Å². The average Bonchev–Trinajstić information content (AvgIpc) is 2.93. The zero-order valence-corrected chi connectivity index (χ0v) is 20.4. The van der Waals surface area contributed by atoms with Crippen LogP contribution < -0.4 is 19.5 Å². The number of carbonyl (C=O) groups excluding carboxylic acids is 1. The molecule has 0 saturated carbocycles. The molecule has 1 amide bonds. The third kappa shape index (κ3) is 6.31. The van der Waals surface area contributed by atoms with Crippen LogP contribution in [0.4, 0.5) is 0 Å². The highest BCUT2D eigenvalue weighted by Crippen LogP contribution is 2.36. The average molecular weight is 476 g/mol. The molecule has 2 heterocycles. The minimum Gasteiger partial charge on any atom is -0.493 e. The quantitative estimate of drug-likeness (QED) is 0.476. The molecule has 184 valence electrons. The summed E-state index contributed by atoms with van der Waals surface area (Å²) in [5, 5.41) is 3.25. The summed E-state index contributed by atoms with van der Waals surface area (Å²) in [5.41, 5.74) is 1.87. The molecule has 1 aliphatic rings. The Kier molecular flexibility index (Phi) is 8.57. The second-order valence-electron chi connectivity index (χ2n) is 8.56. The number of benzene rings is 2. The fourth-order valence-corrected chi connectivity index (χ4v) is 4.44. The van der Waals surface area contributed by atoms with Gasteiger partial charge in [-0.3, -0.25) is 14.7 Å². The van der Waals surface area contributed by atoms with E-state index in [9.17, 15) is 4.79 Å². The lowest BCUT2D eigenvalue weighted by molar-refractivity contribution is -0.127. The molecular formula is C28H33N3O4. The van der Waals surface area contributed by atoms with Gasteiger partial charge in [-0.25, -0.2) is 0 Å². The highest BCUT2D eigenvalue weighted by molar-refractivity contribution is 5.79. The molecule has 1 aromatic heterocycles. The fourth-order valence-electron chi connectivity index (χ4n) is 4.44. The molecule has 7 heteroatoms. The maximum Gasteiger partial charge on any atom is 0.224 e. The molecule has 1 N–H and O–H groups in total. The van der Waals surface area contributed by atoms with Crippen molar-refractivity contribution in [3.63, 3.8) is 0 Å². The van der Waals surface area contributed by atoms with Crippen LogP contribution in [0.5, 0.6) is 17.2 Å². The van der Waals surface area contributed by atoms with Crippen LogP contribution in [0.2, 0.25) is 0 Å². The summed E-state index contributed by atoms with van der Waals surface area (Å²) < 4.78 is 16.8. The van der Waals surface area contributed by atoms with E-state index in [0.29, 0.717) is 23.9 Å². The first-order valence-electron chi connectivity index (χ1n) is 12.0. The third-order valence-corrected chi connectivity index (χ3v) is 6.40. The number of aromatic nitrogens is 1. The highest BCUT2D eigenvalue weighted by atomic mass is 16.5. The predicted octanol–water partition coefficient (Wildman–Crippen LogP) is 4.10. The minimum atomic E-state index is -0.257. The van der Waals surface area contributed by atoms with E-state index in [1.54, 1.807) is 20.4 Å². The van der Waals surface area contributed by atoms with Gasteiger partial charge in [0.15, 0.2) is 11.5 Å². The Bertz CT molecular complexity index is 1010. The maximum absolute atomic E-state index is 13.2. The van der Waals surface area contributed by atoms with Gasteiger partial charge in [-0.1, -0.05) is 42.5 Å². The number of hydrogen-bond acceptors (Lipinski definition) is 6. The number of nitrogens with one attached hydrogen (secondary N) is 1. The van der Waals surface area contributed by atoms with Gasteiger partial charge in [0.1, 0.15) is 6.61 Å². The van der Waals surface area contributed by atoms with Crippen molar-refractivity contribution in [1.82, 2.24) is 15.2 Å². The lowest BCUT2D eigenvalue weighted by atomic mass is 9.94. The first-order chi connectivity index (χ1) is 17.2. The van der Waals surface area contributed by atoms with Gasteiger partial charge in [-0.15, -0.1) is 0 Å². The lowest BCUT2D eigenvalue weighted by Crippen LogP contribution is -2.43. The van der Waals surface area contributed by atoms with Crippen molar-refractivity contribution in [3.05, 3.63) is 84.2 Å². The summed E-state index contributed by atoms with van der Waals surface area (Å²) in [6.45, 7) is 2.99. The van der Waals surface area contributed by atoms with Crippen molar-refractivity contribution < 1.29 is 19.0 Å². The summed E-state index contributed by atoms with van der Waals surface area (Å²) >= 11 is 0. The molecule has 0 spiro atoms. The molecule has 0 radical (unpaired) electrons. The number of ether oxygens (including phenoxy) is 3. The second kappa shape index (κ2) is 12.2. The van der Waals surface area contributed by atoms with Crippen LogP contribution in [0.15, 0.2) is 72.9 Å². The number of pyridine rings is 1. The van der Waals surface area contributed by atoms with Gasteiger partial charge in [0, 0.05) is 18.7 Å². The summed E-state index contributed by atoms with van der Waals surface area (Å²) in [6, 6.07) is 21.1. The van der Waals surface area contributed by atoms with E-state index in [1.807, 2.05) is 66.7 Å². The van der Waals surface area contributed by atoms with Crippen LogP contribution in [0.3, 0.4) is 0 Å². The normalized spacial score (nSPS) is 15.3. The zero-order chi connectivity index (χ0) is 24.5. The minimum absolute atomic E-state index is 0.0172. The van der Waals surface area contributed by atoms with Gasteiger partial charge >= 0.3 is 0 Å². The molecule has 2 aromatic carbocycles. The number of rotatable bonds is 10. The van der Waals surface area contributed by atoms with Crippen molar-refractivity contribution in [2.45, 2.75) is 18.9 Å². The van der Waals surface area contributed by atoms with Crippen LogP contribution in [0.25, 0.3) is 0 Å². The van der Waals surface area contributed by atoms with Gasteiger partial charge < -0.3 is 19.5 Å². The number of methoxy groups -OCH3 is 2. The van der Waals surface area contributed by atoms with E-state index in [2.05, 4.69) is 15.2 Å². The molecular weight excluding hydrogens is 442 g/mol. The van der Waals surface area contributed by atoms with E-state index in [4.69, 9.17) is 14.2 Å². The SMILES string of the molecule is COc1cccc(OC)c1OCCN1CCC(C(=O)NC(c2ccccc2)c2ccccn2)CC1. The molecule has 1 saturated heterocycles. The van der Waals surface area contributed by atoms with E-state index >= 15 is 0 Å². The number of nitrogens with zero attached hydrogens (tertiary/aromatic N) is 2. The molecule has 3 aromatic rings. The first-order valence-corrected chi connectivity index (χ1v) is 12.0. The van der Waals surface area contributed by atoms with Crippen LogP contribution in [0.1, 0.15) is 30.1 Å². The van der Waals surface area contributed by atoms with Crippen LogP contribution in [-0.4, -0.2) is 56.3 Å². The smallest absolute Gasteiger partial charge is 0.224 e. The molecule has 1 aliphatic heterocycles. The summed E-state index contributed by atoms with van der Waals surface area (Å²) in [6.07, 6.45) is 3.39. The predicted molar refractivity (Wildman–Crippen MR) is 135 cm³/mol. The number of likely N-dealkylation sites (tertiary alicyclic amines) is 1. The Morgan fingerprint density at radius 3 is 2.29 bits per heavy atom. The van der Waals surface area contributed by atoms with Gasteiger partial charge in [-0.2, -0.15) is 0 Å². The Morgan fingerprint density at radius 1 is 0.971 bits per heavy atom. The largest absolute Gasteiger partial charge is 0.493 e. The summed E-state index contributed by atoms with van der Waals surface area (Å²) in [4.78, 5) is 20.0. The van der Waals surface area contributed by atoms with Gasteiger partial charge in [0.2, 0.25) is 11.7 Å². The molecule has 1 fully saturated rings. The topological polar surface area (TPSA) is 72.9 Å². The molecule has 1 unspecified atom stereocenters. The number of piperidine rings is 1. The number of para-hydroxylation sites is 1. The third-order valence-electron chi connectivity index (χ3n) is 6.40. The first kappa shape index (κ1) is 24.5. The van der Waals surface area contributed by atoms with E-state index < -0.39 is 0 Å². The Hall–Kier alpha value is -3.58. The van der Waals surface area contributed by atoms with E-state index in [-0.39, 0.29) is 17.9 Å². The lowest BCUT2D eigenvalue weighted by Gasteiger charge is -2.32. The standard InChI is InChI=1S/C28H33N3O4/c1-33-24-12-8-13-25(34-2)27(24)35-20-19-31-17-14-22(15-18-31)28(32)30-26(21-9-4-3-5-10-21)23-11-6-7-16-29-23/h3-13,16,22,26H,14-15,17-20H2,1-2H3,(H,30,32). The van der Waals surface area contributed by atoms with Crippen LogP contribution in [0, 0.1) is 5.92 Å². The van der Waals surface area contributed by atoms with Crippen molar-refractivity contribution in [1.29, 1.82) is 0 Å². The monoisotopic (exact) mass is 475 g/mol. The van der Waals surface area contributed by atoms with Crippen molar-refractivity contribution in [2.24, 2.45) is 5.92 Å². The molecule has 4 rings (SSSR count). The van der Waals surface area contributed by atoms with E-state index in [1.165, 1.54) is 0 Å². The molecule has 0 bridgehead atoms. The highest BCUT2D eigenvalue weighted by Gasteiger charge is 2.28. The molecule has 1 atom stereocenters. The maximum atomic E-state index is 13.2. The van der Waals surface area contributed by atoms with Crippen molar-refractivity contribution in [2.75, 3.05) is 40.5 Å². The second-order valence-corrected chi connectivity index (χ2v) is 8.56. The van der Waals surface area contributed by atoms with Crippen LogP contribution >= 0.6 is 0 Å². The van der Waals surface area contributed by atoms with Gasteiger partial charge in [0.25, 0.3) is 0 Å². The van der Waals surface area contributed by atoms with Crippen LogP contribution in [-0.2, 0) is 4.79 Å². The Morgan fingerprint density at radius 2 is 1.66 bits per heavy atom. The molecule has 7 nitrogen and oxygen atoms in total. The van der Waals surface area contributed by atoms with Gasteiger partial charge in [-0.05, 0) is 55.8 Å². The number of carbonyl (C=O) groups is 1. The summed E-state index contributed by atoms with van der Waals surface area (Å²) in [5.74, 6) is 1.99. The Balaban J connectivity index is 1.29. The number of amides is 1. The Labute approximate surface area is 207 Å². The summed E-state index contributed by atoms with van der Waals surface area (Å²) in [7, 11) is 3.24. The molecule has 0 aliphatic carbocycles. The zero-order valence-electron chi connectivity index (χ0n) is 20.4.